The molecule has 3 N–H and O–H groups in total. The zero-order valence-electron chi connectivity index (χ0n) is 9.62. The molecule has 1 aliphatic rings. The van der Waals surface area contributed by atoms with Crippen LogP contribution in [0.1, 0.15) is 31.2 Å². The van der Waals surface area contributed by atoms with E-state index in [9.17, 15) is 0 Å². The summed E-state index contributed by atoms with van der Waals surface area (Å²) >= 11 is 5.95. The Bertz CT molecular complexity index is 439. The van der Waals surface area contributed by atoms with Crippen LogP contribution in [0.3, 0.4) is 0 Å². The first kappa shape index (κ1) is 12.2. The second-order valence-corrected chi connectivity index (χ2v) is 5.01. The Labute approximate surface area is 107 Å². The van der Waals surface area contributed by atoms with E-state index in [2.05, 4.69) is 11.4 Å². The normalized spacial score (nSPS) is 24.1. The first-order chi connectivity index (χ1) is 8.19. The van der Waals surface area contributed by atoms with E-state index in [0.29, 0.717) is 16.6 Å². The number of nitrogens with one attached hydrogen (secondary N) is 1. The molecule has 1 aromatic carbocycles. The molecule has 2 unspecified atom stereocenters. The van der Waals surface area contributed by atoms with E-state index in [1.54, 1.807) is 18.2 Å². The molecule has 0 aromatic heterocycles. The van der Waals surface area contributed by atoms with Crippen molar-refractivity contribution in [3.05, 3.63) is 28.8 Å². The van der Waals surface area contributed by atoms with Crippen molar-refractivity contribution in [3.63, 3.8) is 0 Å². The van der Waals surface area contributed by atoms with Crippen LogP contribution in [0.5, 0.6) is 0 Å². The third-order valence-electron chi connectivity index (χ3n) is 3.18. The van der Waals surface area contributed by atoms with Crippen molar-refractivity contribution in [2.75, 3.05) is 5.32 Å². The summed E-state index contributed by atoms with van der Waals surface area (Å²) in [4.78, 5) is 0. The molecule has 0 bridgehead atoms. The minimum Gasteiger partial charge on any atom is -0.381 e. The molecule has 1 aliphatic carbocycles. The first-order valence-corrected chi connectivity index (χ1v) is 6.28. The Balaban J connectivity index is 2.12. The van der Waals surface area contributed by atoms with Gasteiger partial charge in [-0.05, 0) is 43.9 Å². The number of hydrogen-bond donors (Lipinski definition) is 2. The fraction of sp³-hybridized carbons (Fsp3) is 0.462. The zero-order chi connectivity index (χ0) is 12.3. The summed E-state index contributed by atoms with van der Waals surface area (Å²) in [5.74, 6) is 0. The molecule has 2 rings (SSSR count). The Hall–Kier alpha value is -1.24. The van der Waals surface area contributed by atoms with E-state index in [4.69, 9.17) is 22.6 Å². The molecule has 3 nitrogen and oxygen atoms in total. The Morgan fingerprint density at radius 3 is 2.94 bits per heavy atom. The number of nitriles is 1. The van der Waals surface area contributed by atoms with Gasteiger partial charge in [-0.15, -0.1) is 0 Å². The van der Waals surface area contributed by atoms with Crippen LogP contribution >= 0.6 is 11.6 Å². The standard InChI is InChI=1S/C13H16ClN3/c14-10-5-4-9(8-15)13(6-10)17-12-3-1-2-11(16)7-12/h4-6,11-12,17H,1-3,7,16H2. The van der Waals surface area contributed by atoms with Gasteiger partial charge in [-0.1, -0.05) is 11.6 Å². The lowest BCUT2D eigenvalue weighted by molar-refractivity contribution is 0.409. The number of nitrogens with two attached hydrogens (primary N) is 1. The average Bonchev–Trinajstić information content (AvgIpc) is 2.29. The topological polar surface area (TPSA) is 61.8 Å². The predicted molar refractivity (Wildman–Crippen MR) is 70.0 cm³/mol. The molecule has 0 radical (unpaired) electrons. The molecule has 2 atom stereocenters. The lowest BCUT2D eigenvalue weighted by Gasteiger charge is -2.28. The van der Waals surface area contributed by atoms with Crippen molar-refractivity contribution < 1.29 is 0 Å². The Morgan fingerprint density at radius 2 is 2.24 bits per heavy atom. The highest BCUT2D eigenvalue weighted by atomic mass is 35.5. The molecule has 0 amide bonds. The molecule has 90 valence electrons. The van der Waals surface area contributed by atoms with Gasteiger partial charge in [0.1, 0.15) is 6.07 Å². The van der Waals surface area contributed by atoms with Gasteiger partial charge in [0, 0.05) is 17.1 Å². The van der Waals surface area contributed by atoms with Gasteiger partial charge in [-0.3, -0.25) is 0 Å². The fourth-order valence-corrected chi connectivity index (χ4v) is 2.48. The molecule has 4 heteroatoms. The molecule has 17 heavy (non-hydrogen) atoms. The van der Waals surface area contributed by atoms with Gasteiger partial charge in [0.2, 0.25) is 0 Å². The Kier molecular flexibility index (Phi) is 3.88. The molecular formula is C13H16ClN3. The fourth-order valence-electron chi connectivity index (χ4n) is 2.31. The van der Waals surface area contributed by atoms with Crippen molar-refractivity contribution in [1.82, 2.24) is 0 Å². The van der Waals surface area contributed by atoms with Crippen LogP contribution in [0.15, 0.2) is 18.2 Å². The van der Waals surface area contributed by atoms with Gasteiger partial charge >= 0.3 is 0 Å². The van der Waals surface area contributed by atoms with Crippen molar-refractivity contribution >= 4 is 17.3 Å². The summed E-state index contributed by atoms with van der Waals surface area (Å²) in [5, 5.41) is 13.1. The SMILES string of the molecule is N#Cc1ccc(Cl)cc1NC1CCCC(N)C1. The Morgan fingerprint density at radius 1 is 1.41 bits per heavy atom. The molecule has 1 saturated carbocycles. The van der Waals surface area contributed by atoms with Crippen molar-refractivity contribution in [3.8, 4) is 6.07 Å². The number of anilines is 1. The van der Waals surface area contributed by atoms with E-state index < -0.39 is 0 Å². The van der Waals surface area contributed by atoms with Crippen LogP contribution in [0.25, 0.3) is 0 Å². The van der Waals surface area contributed by atoms with Gasteiger partial charge < -0.3 is 11.1 Å². The van der Waals surface area contributed by atoms with Crippen LogP contribution in [-0.2, 0) is 0 Å². The minimum absolute atomic E-state index is 0.269. The maximum atomic E-state index is 9.03. The van der Waals surface area contributed by atoms with E-state index >= 15 is 0 Å². The van der Waals surface area contributed by atoms with Crippen molar-refractivity contribution in [2.45, 2.75) is 37.8 Å². The second-order valence-electron chi connectivity index (χ2n) is 4.57. The molecular weight excluding hydrogens is 234 g/mol. The summed E-state index contributed by atoms with van der Waals surface area (Å²) < 4.78 is 0. The highest BCUT2D eigenvalue weighted by Gasteiger charge is 2.19. The number of halogens is 1. The highest BCUT2D eigenvalue weighted by molar-refractivity contribution is 6.30. The van der Waals surface area contributed by atoms with E-state index in [-0.39, 0.29) is 6.04 Å². The summed E-state index contributed by atoms with van der Waals surface area (Å²) in [6, 6.07) is 8.08. The minimum atomic E-state index is 0.269. The van der Waals surface area contributed by atoms with Gasteiger partial charge in [-0.2, -0.15) is 5.26 Å². The molecule has 1 fully saturated rings. The maximum absolute atomic E-state index is 9.03. The maximum Gasteiger partial charge on any atom is 0.101 e. The zero-order valence-corrected chi connectivity index (χ0v) is 10.4. The molecule has 0 spiro atoms. The van der Waals surface area contributed by atoms with E-state index in [1.807, 2.05) is 0 Å². The largest absolute Gasteiger partial charge is 0.381 e. The van der Waals surface area contributed by atoms with Crippen molar-refractivity contribution in [1.29, 1.82) is 5.26 Å². The van der Waals surface area contributed by atoms with Crippen LogP contribution < -0.4 is 11.1 Å². The van der Waals surface area contributed by atoms with Gasteiger partial charge in [0.25, 0.3) is 0 Å². The van der Waals surface area contributed by atoms with Crippen LogP contribution in [0.4, 0.5) is 5.69 Å². The predicted octanol–water partition coefficient (Wildman–Crippen LogP) is 2.89. The van der Waals surface area contributed by atoms with Gasteiger partial charge in [-0.25, -0.2) is 0 Å². The monoisotopic (exact) mass is 249 g/mol. The number of nitrogens with zero attached hydrogens (tertiary/aromatic N) is 1. The number of rotatable bonds is 2. The summed E-state index contributed by atoms with van der Waals surface area (Å²) in [6.45, 7) is 0. The summed E-state index contributed by atoms with van der Waals surface area (Å²) in [6.07, 6.45) is 4.29. The number of benzene rings is 1. The van der Waals surface area contributed by atoms with Crippen LogP contribution in [-0.4, -0.2) is 12.1 Å². The highest BCUT2D eigenvalue weighted by Crippen LogP contribution is 2.25. The second kappa shape index (κ2) is 5.39. The van der Waals surface area contributed by atoms with Gasteiger partial charge in [0.05, 0.1) is 11.3 Å². The van der Waals surface area contributed by atoms with Crippen LogP contribution in [0, 0.1) is 11.3 Å². The van der Waals surface area contributed by atoms with E-state index in [0.717, 1.165) is 31.4 Å². The molecule has 1 aromatic rings. The van der Waals surface area contributed by atoms with Crippen molar-refractivity contribution in [2.24, 2.45) is 5.73 Å². The lowest BCUT2D eigenvalue weighted by atomic mass is 9.91. The third kappa shape index (κ3) is 3.12. The first-order valence-electron chi connectivity index (χ1n) is 5.91. The van der Waals surface area contributed by atoms with Gasteiger partial charge in [0.15, 0.2) is 0 Å². The summed E-state index contributed by atoms with van der Waals surface area (Å²) in [5.41, 5.74) is 7.40. The molecule has 0 aliphatic heterocycles. The summed E-state index contributed by atoms with van der Waals surface area (Å²) in [7, 11) is 0. The third-order valence-corrected chi connectivity index (χ3v) is 3.41. The quantitative estimate of drug-likeness (QED) is 0.847. The molecule has 0 heterocycles. The average molecular weight is 250 g/mol. The van der Waals surface area contributed by atoms with E-state index in [1.165, 1.54) is 0 Å². The number of hydrogen-bond acceptors (Lipinski definition) is 3. The molecule has 0 saturated heterocycles. The van der Waals surface area contributed by atoms with Crippen LogP contribution in [0.2, 0.25) is 5.02 Å². The smallest absolute Gasteiger partial charge is 0.101 e. The lowest BCUT2D eigenvalue weighted by Crippen LogP contribution is -2.35.